The van der Waals surface area contributed by atoms with Crippen LogP contribution in [-0.4, -0.2) is 29.9 Å². The summed E-state index contributed by atoms with van der Waals surface area (Å²) >= 11 is 0. The zero-order valence-electron chi connectivity index (χ0n) is 10.1. The number of nitrogen functional groups attached to an aromatic ring is 1. The minimum Gasteiger partial charge on any atom is -0.399 e. The summed E-state index contributed by atoms with van der Waals surface area (Å²) in [6.07, 6.45) is 2.24. The smallest absolute Gasteiger partial charge is 0.244 e. The highest BCUT2D eigenvalue weighted by molar-refractivity contribution is 5.84. The molecule has 3 N–H and O–H groups in total. The number of carbonyl (C=O) groups excluding carboxylic acids is 1. The molecule has 1 aliphatic heterocycles. The summed E-state index contributed by atoms with van der Waals surface area (Å²) in [5.74, 6) is 0.171. The quantitative estimate of drug-likeness (QED) is 0.781. The summed E-state index contributed by atoms with van der Waals surface area (Å²) in [6, 6.07) is 7.27. The molecule has 0 bridgehead atoms. The van der Waals surface area contributed by atoms with Gasteiger partial charge in [0.2, 0.25) is 5.91 Å². The van der Waals surface area contributed by atoms with Crippen molar-refractivity contribution in [1.29, 1.82) is 0 Å². The third kappa shape index (κ3) is 2.90. The molecule has 1 aliphatic rings. The lowest BCUT2D eigenvalue weighted by Gasteiger charge is -2.21. The molecule has 1 unspecified atom stereocenters. The average Bonchev–Trinajstić information content (AvgIpc) is 2.81. The van der Waals surface area contributed by atoms with Gasteiger partial charge in [0.05, 0.1) is 0 Å². The lowest BCUT2D eigenvalue weighted by Crippen LogP contribution is -2.39. The van der Waals surface area contributed by atoms with Crippen molar-refractivity contribution >= 4 is 17.3 Å². The minimum atomic E-state index is -0.199. The van der Waals surface area contributed by atoms with Crippen LogP contribution in [0.25, 0.3) is 0 Å². The minimum absolute atomic E-state index is 0.171. The predicted octanol–water partition coefficient (Wildman–Crippen LogP) is 1.69. The Balaban J connectivity index is 1.96. The first-order valence-electron chi connectivity index (χ1n) is 6.07. The molecular formula is C13H19N3O. The number of carbonyl (C=O) groups is 1. The number of likely N-dealkylation sites (tertiary alicyclic amines) is 1. The Labute approximate surface area is 102 Å². The van der Waals surface area contributed by atoms with Crippen molar-refractivity contribution in [2.45, 2.75) is 25.8 Å². The summed E-state index contributed by atoms with van der Waals surface area (Å²) in [7, 11) is 0. The van der Waals surface area contributed by atoms with Crippen LogP contribution in [0.2, 0.25) is 0 Å². The van der Waals surface area contributed by atoms with E-state index in [0.29, 0.717) is 5.69 Å². The first kappa shape index (κ1) is 11.8. The molecule has 2 rings (SSSR count). The van der Waals surface area contributed by atoms with Gasteiger partial charge >= 0.3 is 0 Å². The van der Waals surface area contributed by atoms with E-state index in [2.05, 4.69) is 5.32 Å². The Kier molecular flexibility index (Phi) is 3.52. The Morgan fingerprint density at radius 3 is 2.76 bits per heavy atom. The van der Waals surface area contributed by atoms with Crippen LogP contribution in [-0.2, 0) is 4.79 Å². The van der Waals surface area contributed by atoms with Gasteiger partial charge in [-0.05, 0) is 38.0 Å². The normalized spacial score (nSPS) is 16.9. The molecule has 1 heterocycles. The SMILES string of the molecule is CC(Nc1cccc(N)c1)C(=O)N1CCCC1. The second-order valence-electron chi connectivity index (χ2n) is 4.52. The zero-order valence-corrected chi connectivity index (χ0v) is 10.1. The number of amides is 1. The Bertz CT molecular complexity index is 399. The summed E-state index contributed by atoms with van der Waals surface area (Å²) < 4.78 is 0. The van der Waals surface area contributed by atoms with E-state index in [1.54, 1.807) is 0 Å². The van der Waals surface area contributed by atoms with Crippen molar-refractivity contribution in [1.82, 2.24) is 4.90 Å². The van der Waals surface area contributed by atoms with Gasteiger partial charge in [-0.3, -0.25) is 4.79 Å². The van der Waals surface area contributed by atoms with Crippen LogP contribution in [0.4, 0.5) is 11.4 Å². The molecular weight excluding hydrogens is 214 g/mol. The molecule has 1 aromatic carbocycles. The highest BCUT2D eigenvalue weighted by atomic mass is 16.2. The first-order valence-corrected chi connectivity index (χ1v) is 6.07. The summed E-state index contributed by atoms with van der Waals surface area (Å²) in [6.45, 7) is 3.67. The monoisotopic (exact) mass is 233 g/mol. The number of hydrogen-bond acceptors (Lipinski definition) is 3. The van der Waals surface area contributed by atoms with Gasteiger partial charge in [-0.1, -0.05) is 6.07 Å². The molecule has 0 radical (unpaired) electrons. The van der Waals surface area contributed by atoms with Crippen LogP contribution in [0.15, 0.2) is 24.3 Å². The van der Waals surface area contributed by atoms with Crippen molar-refractivity contribution in [2.24, 2.45) is 0 Å². The van der Waals surface area contributed by atoms with Gasteiger partial charge in [0.15, 0.2) is 0 Å². The highest BCUT2D eigenvalue weighted by Gasteiger charge is 2.22. The maximum absolute atomic E-state index is 12.1. The van der Waals surface area contributed by atoms with Crippen LogP contribution in [0.3, 0.4) is 0 Å². The van der Waals surface area contributed by atoms with E-state index < -0.39 is 0 Å². The highest BCUT2D eigenvalue weighted by Crippen LogP contribution is 2.15. The second-order valence-corrected chi connectivity index (χ2v) is 4.52. The molecule has 1 fully saturated rings. The van der Waals surface area contributed by atoms with Crippen LogP contribution >= 0.6 is 0 Å². The fraction of sp³-hybridized carbons (Fsp3) is 0.462. The number of anilines is 2. The van der Waals surface area contributed by atoms with E-state index in [0.717, 1.165) is 31.6 Å². The number of nitrogens with zero attached hydrogens (tertiary/aromatic N) is 1. The predicted molar refractivity (Wildman–Crippen MR) is 69.8 cm³/mol. The zero-order chi connectivity index (χ0) is 12.3. The van der Waals surface area contributed by atoms with E-state index in [4.69, 9.17) is 5.73 Å². The third-order valence-corrected chi connectivity index (χ3v) is 3.06. The second kappa shape index (κ2) is 5.08. The summed E-state index contributed by atoms with van der Waals surface area (Å²) in [4.78, 5) is 14.0. The van der Waals surface area contributed by atoms with E-state index in [1.807, 2.05) is 36.1 Å². The molecule has 0 aliphatic carbocycles. The Morgan fingerprint density at radius 2 is 2.12 bits per heavy atom. The molecule has 1 aromatic rings. The van der Waals surface area contributed by atoms with Crippen LogP contribution < -0.4 is 11.1 Å². The Hall–Kier alpha value is -1.71. The molecule has 4 heteroatoms. The van der Waals surface area contributed by atoms with Gasteiger partial charge in [0, 0.05) is 24.5 Å². The molecule has 17 heavy (non-hydrogen) atoms. The first-order chi connectivity index (χ1) is 8.16. The van der Waals surface area contributed by atoms with E-state index in [-0.39, 0.29) is 11.9 Å². The standard InChI is InChI=1S/C13H19N3O/c1-10(13(17)16-7-2-3-8-16)15-12-6-4-5-11(14)9-12/h4-6,9-10,15H,2-3,7-8,14H2,1H3. The van der Waals surface area contributed by atoms with Gasteiger partial charge in [-0.2, -0.15) is 0 Å². The number of hydrogen-bond donors (Lipinski definition) is 2. The Morgan fingerprint density at radius 1 is 1.41 bits per heavy atom. The molecule has 1 atom stereocenters. The van der Waals surface area contributed by atoms with Crippen LogP contribution in [0.1, 0.15) is 19.8 Å². The number of rotatable bonds is 3. The largest absolute Gasteiger partial charge is 0.399 e. The molecule has 0 aromatic heterocycles. The third-order valence-electron chi connectivity index (χ3n) is 3.06. The van der Waals surface area contributed by atoms with E-state index in [9.17, 15) is 4.79 Å². The fourth-order valence-corrected chi connectivity index (χ4v) is 2.15. The molecule has 0 spiro atoms. The lowest BCUT2D eigenvalue weighted by atomic mass is 10.2. The number of nitrogens with two attached hydrogens (primary N) is 1. The van der Waals surface area contributed by atoms with Crippen molar-refractivity contribution in [2.75, 3.05) is 24.1 Å². The van der Waals surface area contributed by atoms with Crippen LogP contribution in [0.5, 0.6) is 0 Å². The molecule has 1 saturated heterocycles. The average molecular weight is 233 g/mol. The van der Waals surface area contributed by atoms with Gasteiger partial charge in [0.25, 0.3) is 0 Å². The van der Waals surface area contributed by atoms with Crippen molar-refractivity contribution < 1.29 is 4.79 Å². The summed E-state index contributed by atoms with van der Waals surface area (Å²) in [5, 5.41) is 3.19. The van der Waals surface area contributed by atoms with Gasteiger partial charge in [0.1, 0.15) is 6.04 Å². The molecule has 0 saturated carbocycles. The van der Waals surface area contributed by atoms with Crippen molar-refractivity contribution in [3.8, 4) is 0 Å². The van der Waals surface area contributed by atoms with Crippen LogP contribution in [0, 0.1) is 0 Å². The van der Waals surface area contributed by atoms with Gasteiger partial charge in [-0.15, -0.1) is 0 Å². The lowest BCUT2D eigenvalue weighted by molar-refractivity contribution is -0.130. The maximum Gasteiger partial charge on any atom is 0.244 e. The summed E-state index contributed by atoms with van der Waals surface area (Å²) in [5.41, 5.74) is 7.30. The topological polar surface area (TPSA) is 58.4 Å². The van der Waals surface area contributed by atoms with E-state index in [1.165, 1.54) is 0 Å². The number of benzene rings is 1. The molecule has 92 valence electrons. The molecule has 4 nitrogen and oxygen atoms in total. The number of nitrogens with one attached hydrogen (secondary N) is 1. The van der Waals surface area contributed by atoms with Crippen molar-refractivity contribution in [3.63, 3.8) is 0 Å². The fourth-order valence-electron chi connectivity index (χ4n) is 2.15. The molecule has 1 amide bonds. The maximum atomic E-state index is 12.1. The van der Waals surface area contributed by atoms with Gasteiger partial charge in [-0.25, -0.2) is 0 Å². The van der Waals surface area contributed by atoms with Crippen molar-refractivity contribution in [3.05, 3.63) is 24.3 Å². The van der Waals surface area contributed by atoms with Gasteiger partial charge < -0.3 is 16.0 Å². The van der Waals surface area contributed by atoms with E-state index >= 15 is 0 Å².